The number of urea groups is 1. The predicted molar refractivity (Wildman–Crippen MR) is 147 cm³/mol. The van der Waals surface area contributed by atoms with Crippen LogP contribution in [0.5, 0.6) is 0 Å². The Hall–Kier alpha value is -3.13. The van der Waals surface area contributed by atoms with Crippen molar-refractivity contribution in [3.63, 3.8) is 0 Å². The lowest BCUT2D eigenvalue weighted by Crippen LogP contribution is -2.44. The van der Waals surface area contributed by atoms with Crippen molar-refractivity contribution in [1.29, 1.82) is 0 Å². The second-order valence-electron chi connectivity index (χ2n) is 10.5. The van der Waals surface area contributed by atoms with Crippen LogP contribution in [0.3, 0.4) is 0 Å². The summed E-state index contributed by atoms with van der Waals surface area (Å²) < 4.78 is 0. The molecule has 1 fully saturated rings. The summed E-state index contributed by atoms with van der Waals surface area (Å²) in [6.45, 7) is 3.50. The fourth-order valence-corrected chi connectivity index (χ4v) is 6.97. The Morgan fingerprint density at radius 2 is 1.95 bits per heavy atom. The zero-order valence-corrected chi connectivity index (χ0v) is 22.1. The number of likely N-dealkylation sites (tertiary alicyclic amines) is 1. The number of hydrogen-bond acceptors (Lipinski definition) is 4. The minimum atomic E-state index is 0.0108. The number of hydrogen-bond donors (Lipinski definition) is 2. The molecule has 0 spiro atoms. The number of aromatic nitrogens is 2. The van der Waals surface area contributed by atoms with Gasteiger partial charge in [-0.1, -0.05) is 29.8 Å². The lowest BCUT2D eigenvalue weighted by Gasteiger charge is -2.31. The van der Waals surface area contributed by atoms with Gasteiger partial charge in [-0.2, -0.15) is 0 Å². The molecule has 194 valence electrons. The van der Waals surface area contributed by atoms with Crippen LogP contribution in [0.15, 0.2) is 41.3 Å². The van der Waals surface area contributed by atoms with Crippen molar-refractivity contribution in [3.8, 4) is 0 Å². The molecule has 0 radical (unpaired) electrons. The van der Waals surface area contributed by atoms with Gasteiger partial charge in [0.05, 0.1) is 11.6 Å². The zero-order chi connectivity index (χ0) is 25.2. The van der Waals surface area contributed by atoms with E-state index in [1.54, 1.807) is 11.3 Å². The Morgan fingerprint density at radius 3 is 2.78 bits per heavy atom. The van der Waals surface area contributed by atoms with Crippen LogP contribution in [0, 0.1) is 0 Å². The van der Waals surface area contributed by atoms with Gasteiger partial charge in [0, 0.05) is 54.1 Å². The number of benzene rings is 1. The average molecular weight is 518 g/mol. The molecule has 0 atom stereocenters. The minimum absolute atomic E-state index is 0.0108. The summed E-state index contributed by atoms with van der Waals surface area (Å²) in [5.74, 6) is 0.321. The van der Waals surface area contributed by atoms with Gasteiger partial charge in [0.25, 0.3) is 5.91 Å². The fraction of sp³-hybridized carbons (Fsp3) is 0.483. The van der Waals surface area contributed by atoms with E-state index in [4.69, 9.17) is 4.98 Å². The molecule has 0 bridgehead atoms. The molecule has 3 aliphatic rings. The average Bonchev–Trinajstić information content (AvgIpc) is 3.58. The van der Waals surface area contributed by atoms with Crippen LogP contribution in [0.4, 0.5) is 4.79 Å². The minimum Gasteiger partial charge on any atom is -0.357 e. The topological polar surface area (TPSA) is 81.3 Å². The van der Waals surface area contributed by atoms with Crippen LogP contribution < -0.4 is 5.32 Å². The van der Waals surface area contributed by atoms with Crippen molar-refractivity contribution in [1.82, 2.24) is 25.1 Å². The molecule has 3 aromatic rings. The van der Waals surface area contributed by atoms with Gasteiger partial charge in [-0.3, -0.25) is 4.79 Å². The Bertz CT molecular complexity index is 1320. The molecule has 0 unspecified atom stereocenters. The number of carbonyl (C=O) groups excluding carboxylic acids is 2. The first kappa shape index (κ1) is 24.2. The van der Waals surface area contributed by atoms with Gasteiger partial charge in [-0.25, -0.2) is 9.78 Å². The SMILES string of the molecule is O=C(NCCC1=CCCCC1)N1CCC(c2nc(C(=O)N3CCc4c([nH]c5ccccc45)C3)cs2)CC1. The van der Waals surface area contributed by atoms with Crippen LogP contribution in [0.1, 0.15) is 77.6 Å². The Kier molecular flexibility index (Phi) is 7.00. The third-order valence-electron chi connectivity index (χ3n) is 8.15. The number of rotatable bonds is 5. The number of piperidine rings is 1. The maximum absolute atomic E-state index is 13.3. The number of para-hydroxylation sites is 1. The third-order valence-corrected chi connectivity index (χ3v) is 9.16. The summed E-state index contributed by atoms with van der Waals surface area (Å²) >= 11 is 1.59. The summed E-state index contributed by atoms with van der Waals surface area (Å²) in [4.78, 5) is 38.0. The standard InChI is InChI=1S/C29H35N5O2S/c35-28(34-17-13-23-22-8-4-5-9-24(22)31-25(23)18-34)26-19-37-27(32-26)21-11-15-33(16-12-21)29(36)30-14-10-20-6-2-1-3-7-20/h4-6,8-9,19,21,31H,1-3,7,10-18H2,(H,30,36). The van der Waals surface area contributed by atoms with Gasteiger partial charge in [0.1, 0.15) is 5.69 Å². The summed E-state index contributed by atoms with van der Waals surface area (Å²) in [6.07, 6.45) is 10.9. The Morgan fingerprint density at radius 1 is 1.08 bits per heavy atom. The van der Waals surface area contributed by atoms with Crippen molar-refractivity contribution in [3.05, 3.63) is 63.3 Å². The second-order valence-corrected chi connectivity index (χ2v) is 11.4. The van der Waals surface area contributed by atoms with Gasteiger partial charge >= 0.3 is 6.03 Å². The first-order valence-electron chi connectivity index (χ1n) is 13.7. The van der Waals surface area contributed by atoms with E-state index in [9.17, 15) is 9.59 Å². The summed E-state index contributed by atoms with van der Waals surface area (Å²) in [5.41, 5.74) is 5.65. The highest BCUT2D eigenvalue weighted by molar-refractivity contribution is 7.09. The maximum atomic E-state index is 13.3. The van der Waals surface area contributed by atoms with E-state index in [-0.39, 0.29) is 11.9 Å². The van der Waals surface area contributed by atoms with E-state index in [0.29, 0.717) is 24.7 Å². The van der Waals surface area contributed by atoms with E-state index in [1.807, 2.05) is 21.2 Å². The van der Waals surface area contributed by atoms with Crippen LogP contribution in [-0.4, -0.2) is 57.9 Å². The first-order chi connectivity index (χ1) is 18.2. The van der Waals surface area contributed by atoms with Crippen molar-refractivity contribution >= 4 is 34.2 Å². The largest absolute Gasteiger partial charge is 0.357 e. The highest BCUT2D eigenvalue weighted by atomic mass is 32.1. The van der Waals surface area contributed by atoms with E-state index in [2.05, 4.69) is 34.6 Å². The monoisotopic (exact) mass is 517 g/mol. The lowest BCUT2D eigenvalue weighted by molar-refractivity contribution is 0.0727. The third kappa shape index (κ3) is 5.17. The van der Waals surface area contributed by atoms with Crippen molar-refractivity contribution in [2.75, 3.05) is 26.2 Å². The van der Waals surface area contributed by atoms with Crippen LogP contribution in [0.2, 0.25) is 0 Å². The normalized spacial score (nSPS) is 18.5. The fourth-order valence-electron chi connectivity index (χ4n) is 6.00. The van der Waals surface area contributed by atoms with Gasteiger partial charge in [-0.15, -0.1) is 11.3 Å². The van der Waals surface area contributed by atoms with Gasteiger partial charge < -0.3 is 20.1 Å². The zero-order valence-electron chi connectivity index (χ0n) is 21.3. The van der Waals surface area contributed by atoms with Crippen LogP contribution in [0.25, 0.3) is 10.9 Å². The van der Waals surface area contributed by atoms with E-state index >= 15 is 0 Å². The lowest BCUT2D eigenvalue weighted by atomic mass is 9.97. The van der Waals surface area contributed by atoms with Crippen LogP contribution in [-0.2, 0) is 13.0 Å². The Balaban J connectivity index is 1.00. The number of aromatic amines is 1. The van der Waals surface area contributed by atoms with Gasteiger partial charge in [0.2, 0.25) is 0 Å². The predicted octanol–water partition coefficient (Wildman–Crippen LogP) is 5.60. The molecule has 4 heterocycles. The quantitative estimate of drug-likeness (QED) is 0.432. The number of fused-ring (bicyclic) bond motifs is 3. The molecule has 1 saturated heterocycles. The number of nitrogens with zero attached hydrogens (tertiary/aromatic N) is 3. The summed E-state index contributed by atoms with van der Waals surface area (Å²) in [7, 11) is 0. The molecule has 1 aromatic carbocycles. The summed E-state index contributed by atoms with van der Waals surface area (Å²) in [6, 6.07) is 8.40. The van der Waals surface area contributed by atoms with E-state index < -0.39 is 0 Å². The van der Waals surface area contributed by atoms with E-state index in [1.165, 1.54) is 42.2 Å². The highest BCUT2D eigenvalue weighted by Gasteiger charge is 2.29. The molecule has 3 amide bonds. The number of allylic oxidation sites excluding steroid dienone is 1. The number of amides is 3. The molecular weight excluding hydrogens is 482 g/mol. The molecule has 8 heteroatoms. The van der Waals surface area contributed by atoms with Crippen molar-refractivity contribution < 1.29 is 9.59 Å². The molecule has 1 aliphatic carbocycles. The first-order valence-corrected chi connectivity index (χ1v) is 14.6. The van der Waals surface area contributed by atoms with Gasteiger partial charge in [0.15, 0.2) is 0 Å². The molecule has 2 aliphatic heterocycles. The van der Waals surface area contributed by atoms with Crippen molar-refractivity contribution in [2.24, 2.45) is 0 Å². The van der Waals surface area contributed by atoms with Crippen LogP contribution >= 0.6 is 11.3 Å². The molecule has 6 rings (SSSR count). The molecular formula is C29H35N5O2S. The molecule has 2 aromatic heterocycles. The number of H-pyrrole nitrogens is 1. The Labute approximate surface area is 221 Å². The number of carbonyl (C=O) groups is 2. The molecule has 37 heavy (non-hydrogen) atoms. The number of thiazole rings is 1. The maximum Gasteiger partial charge on any atom is 0.317 e. The number of nitrogens with one attached hydrogen (secondary N) is 2. The smallest absolute Gasteiger partial charge is 0.317 e. The summed E-state index contributed by atoms with van der Waals surface area (Å²) in [5, 5.41) is 7.31. The van der Waals surface area contributed by atoms with Crippen molar-refractivity contribution in [2.45, 2.75) is 63.8 Å². The molecule has 7 nitrogen and oxygen atoms in total. The highest BCUT2D eigenvalue weighted by Crippen LogP contribution is 2.32. The van der Waals surface area contributed by atoms with Gasteiger partial charge in [-0.05, 0) is 63.0 Å². The molecule has 2 N–H and O–H groups in total. The molecule has 0 saturated carbocycles. The second kappa shape index (κ2) is 10.7. The van der Waals surface area contributed by atoms with E-state index in [0.717, 1.165) is 61.5 Å².